The van der Waals surface area contributed by atoms with Gasteiger partial charge < -0.3 is 4.40 Å². The summed E-state index contributed by atoms with van der Waals surface area (Å²) < 4.78 is 24.2. The lowest BCUT2D eigenvalue weighted by molar-refractivity contribution is 0.597. The summed E-state index contributed by atoms with van der Waals surface area (Å²) in [6.07, 6.45) is 3.24. The molecule has 0 saturated heterocycles. The van der Waals surface area contributed by atoms with E-state index in [1.807, 2.05) is 30.3 Å². The van der Waals surface area contributed by atoms with Crippen LogP contribution in [0.3, 0.4) is 0 Å². The molecule has 1 aromatic carbocycles. The van der Waals surface area contributed by atoms with Gasteiger partial charge >= 0.3 is 0 Å². The van der Waals surface area contributed by atoms with Crippen molar-refractivity contribution in [1.29, 1.82) is 0 Å². The van der Waals surface area contributed by atoms with E-state index < -0.39 is 10.0 Å². The Balaban J connectivity index is 2.17. The summed E-state index contributed by atoms with van der Waals surface area (Å²) in [5.74, 6) is 0. The number of sulfonamides is 1. The zero-order valence-electron chi connectivity index (χ0n) is 9.89. The Bertz CT molecular complexity index is 839. The highest BCUT2D eigenvalue weighted by Crippen LogP contribution is 2.19. The third kappa shape index (κ3) is 2.23. The van der Waals surface area contributed by atoms with E-state index in [4.69, 9.17) is 5.14 Å². The largest absolute Gasteiger partial charge is 0.305 e. The van der Waals surface area contributed by atoms with Crippen LogP contribution >= 0.6 is 0 Å². The van der Waals surface area contributed by atoms with E-state index in [1.54, 1.807) is 16.7 Å². The monoisotopic (exact) mass is 273 g/mol. The van der Waals surface area contributed by atoms with Crippen LogP contribution in [-0.2, 0) is 10.0 Å². The fourth-order valence-electron chi connectivity index (χ4n) is 1.89. The number of nitrogens with zero attached hydrogens (tertiary/aromatic N) is 2. The smallest absolute Gasteiger partial charge is 0.239 e. The van der Waals surface area contributed by atoms with Crippen molar-refractivity contribution < 1.29 is 8.42 Å². The number of nitrogens with two attached hydrogens (primary N) is 1. The number of hydrogen-bond acceptors (Lipinski definition) is 3. The maximum absolute atomic E-state index is 11.3. The van der Waals surface area contributed by atoms with Gasteiger partial charge in [0.25, 0.3) is 0 Å². The average Bonchev–Trinajstić information content (AvgIpc) is 2.81. The van der Waals surface area contributed by atoms with Crippen LogP contribution in [0.4, 0.5) is 0 Å². The van der Waals surface area contributed by atoms with Gasteiger partial charge in [-0.15, -0.1) is 0 Å². The van der Waals surface area contributed by atoms with Crippen LogP contribution in [0.1, 0.15) is 0 Å². The minimum absolute atomic E-state index is 0.0667. The Morgan fingerprint density at radius 2 is 1.74 bits per heavy atom. The third-order valence-corrected chi connectivity index (χ3v) is 3.72. The second-order valence-corrected chi connectivity index (χ2v) is 5.73. The molecule has 3 aromatic rings. The zero-order chi connectivity index (χ0) is 13.5. The number of rotatable bonds is 2. The average molecular weight is 273 g/mol. The van der Waals surface area contributed by atoms with Gasteiger partial charge in [0.05, 0.1) is 10.6 Å². The molecule has 3 rings (SSSR count). The summed E-state index contributed by atoms with van der Waals surface area (Å²) in [6, 6.07) is 12.8. The molecule has 19 heavy (non-hydrogen) atoms. The van der Waals surface area contributed by atoms with Gasteiger partial charge in [0, 0.05) is 18.0 Å². The highest BCUT2D eigenvalue weighted by atomic mass is 32.2. The first-order valence-electron chi connectivity index (χ1n) is 5.61. The number of hydrogen-bond donors (Lipinski definition) is 1. The summed E-state index contributed by atoms with van der Waals surface area (Å²) in [6.45, 7) is 0. The highest BCUT2D eigenvalue weighted by molar-refractivity contribution is 7.89. The van der Waals surface area contributed by atoms with Gasteiger partial charge in [-0.05, 0) is 12.1 Å². The topological polar surface area (TPSA) is 77.5 Å². The third-order valence-electron chi connectivity index (χ3n) is 2.82. The molecule has 0 aliphatic heterocycles. The predicted octanol–water partition coefficient (Wildman–Crippen LogP) is 1.65. The van der Waals surface area contributed by atoms with Gasteiger partial charge in [-0.3, -0.25) is 0 Å². The first-order chi connectivity index (χ1) is 9.04. The Hall–Kier alpha value is -2.18. The molecule has 0 aliphatic carbocycles. The molecule has 96 valence electrons. The summed E-state index contributed by atoms with van der Waals surface area (Å²) in [4.78, 5) is 4.50. The molecule has 2 aromatic heterocycles. The quantitative estimate of drug-likeness (QED) is 0.771. The van der Waals surface area contributed by atoms with Gasteiger partial charge in [0.15, 0.2) is 0 Å². The minimum atomic E-state index is -3.70. The lowest BCUT2D eigenvalue weighted by Crippen LogP contribution is -2.12. The predicted molar refractivity (Wildman–Crippen MR) is 72.0 cm³/mol. The number of aromatic nitrogens is 2. The number of fused-ring (bicyclic) bond motifs is 1. The first kappa shape index (κ1) is 11.9. The molecule has 0 bridgehead atoms. The summed E-state index contributed by atoms with van der Waals surface area (Å²) in [5, 5.41) is 5.10. The molecule has 2 heterocycles. The SMILES string of the molecule is NS(=O)(=O)c1ccc2nc(-c3ccccc3)cn2c1. The van der Waals surface area contributed by atoms with Crippen LogP contribution in [0.25, 0.3) is 16.9 Å². The van der Waals surface area contributed by atoms with Crippen molar-refractivity contribution >= 4 is 15.7 Å². The van der Waals surface area contributed by atoms with Crippen molar-refractivity contribution in [2.24, 2.45) is 5.14 Å². The maximum Gasteiger partial charge on any atom is 0.239 e. The number of pyridine rings is 1. The van der Waals surface area contributed by atoms with Crippen molar-refractivity contribution in [1.82, 2.24) is 9.38 Å². The van der Waals surface area contributed by atoms with Crippen LogP contribution in [0, 0.1) is 0 Å². The van der Waals surface area contributed by atoms with E-state index in [2.05, 4.69) is 4.98 Å². The van der Waals surface area contributed by atoms with Crippen molar-refractivity contribution in [2.45, 2.75) is 4.90 Å². The van der Waals surface area contributed by atoms with Crippen LogP contribution in [-0.4, -0.2) is 17.8 Å². The van der Waals surface area contributed by atoms with Crippen LogP contribution < -0.4 is 5.14 Å². The van der Waals surface area contributed by atoms with E-state index in [-0.39, 0.29) is 4.90 Å². The number of benzene rings is 1. The van der Waals surface area contributed by atoms with Gasteiger partial charge in [-0.1, -0.05) is 30.3 Å². The summed E-state index contributed by atoms with van der Waals surface area (Å²) in [7, 11) is -3.70. The van der Waals surface area contributed by atoms with Gasteiger partial charge in [-0.25, -0.2) is 18.5 Å². The Morgan fingerprint density at radius 1 is 1.00 bits per heavy atom. The molecule has 0 atom stereocenters. The van der Waals surface area contributed by atoms with Gasteiger partial charge in [0.2, 0.25) is 10.0 Å². The molecule has 0 fully saturated rings. The first-order valence-corrected chi connectivity index (χ1v) is 7.16. The molecule has 0 saturated carbocycles. The minimum Gasteiger partial charge on any atom is -0.305 e. The Morgan fingerprint density at radius 3 is 2.42 bits per heavy atom. The Kier molecular flexibility index (Phi) is 2.62. The number of imidazole rings is 1. The molecular formula is C13H11N3O2S. The second-order valence-electron chi connectivity index (χ2n) is 4.17. The fourth-order valence-corrected chi connectivity index (χ4v) is 2.41. The molecule has 0 amide bonds. The standard InChI is InChI=1S/C13H11N3O2S/c14-19(17,18)11-6-7-13-15-12(9-16(13)8-11)10-4-2-1-3-5-10/h1-9H,(H2,14,17,18). The van der Waals surface area contributed by atoms with E-state index in [9.17, 15) is 8.42 Å². The van der Waals surface area contributed by atoms with Crippen LogP contribution in [0.5, 0.6) is 0 Å². The number of primary sulfonamides is 1. The van der Waals surface area contributed by atoms with Gasteiger partial charge in [-0.2, -0.15) is 0 Å². The lowest BCUT2D eigenvalue weighted by atomic mass is 10.2. The van der Waals surface area contributed by atoms with Crippen LogP contribution in [0.15, 0.2) is 59.8 Å². The summed E-state index contributed by atoms with van der Waals surface area (Å²) >= 11 is 0. The molecule has 0 unspecified atom stereocenters. The molecule has 0 spiro atoms. The van der Waals surface area contributed by atoms with Gasteiger partial charge in [0.1, 0.15) is 5.65 Å². The molecule has 0 aliphatic rings. The van der Waals surface area contributed by atoms with E-state index >= 15 is 0 Å². The van der Waals surface area contributed by atoms with Crippen molar-refractivity contribution in [2.75, 3.05) is 0 Å². The zero-order valence-corrected chi connectivity index (χ0v) is 10.7. The van der Waals surface area contributed by atoms with Crippen molar-refractivity contribution in [3.8, 4) is 11.3 Å². The van der Waals surface area contributed by atoms with Crippen molar-refractivity contribution in [3.63, 3.8) is 0 Å². The molecular weight excluding hydrogens is 262 g/mol. The molecule has 5 nitrogen and oxygen atoms in total. The fraction of sp³-hybridized carbons (Fsp3) is 0. The normalized spacial score (nSPS) is 11.8. The molecule has 0 radical (unpaired) electrons. The van der Waals surface area contributed by atoms with Crippen molar-refractivity contribution in [3.05, 3.63) is 54.9 Å². The second kappa shape index (κ2) is 4.18. The van der Waals surface area contributed by atoms with E-state index in [0.717, 1.165) is 11.3 Å². The van der Waals surface area contributed by atoms with Crippen LogP contribution in [0.2, 0.25) is 0 Å². The highest BCUT2D eigenvalue weighted by Gasteiger charge is 2.10. The van der Waals surface area contributed by atoms with E-state index in [0.29, 0.717) is 5.65 Å². The molecule has 2 N–H and O–H groups in total. The van der Waals surface area contributed by atoms with E-state index in [1.165, 1.54) is 12.3 Å². The maximum atomic E-state index is 11.3. The lowest BCUT2D eigenvalue weighted by Gasteiger charge is -1.98. The molecule has 6 heteroatoms. The Labute approximate surface area is 110 Å². The summed E-state index contributed by atoms with van der Waals surface area (Å²) in [5.41, 5.74) is 2.43.